The first-order valence-electron chi connectivity index (χ1n) is 6.59. The zero-order chi connectivity index (χ0) is 13.7. The Morgan fingerprint density at radius 2 is 2.26 bits per heavy atom. The number of aryl methyl sites for hydroxylation is 1. The third-order valence-corrected chi connectivity index (χ3v) is 3.52. The van der Waals surface area contributed by atoms with E-state index >= 15 is 0 Å². The minimum Gasteiger partial charge on any atom is -0.388 e. The van der Waals surface area contributed by atoms with Gasteiger partial charge in [-0.15, -0.1) is 0 Å². The molecule has 106 valence electrons. The molecule has 0 aromatic carbocycles. The van der Waals surface area contributed by atoms with Crippen LogP contribution in [0, 0.1) is 0 Å². The topological polar surface area (TPSA) is 67.6 Å². The minimum atomic E-state index is -0.794. The van der Waals surface area contributed by atoms with Crippen LogP contribution in [0.1, 0.15) is 19.3 Å². The van der Waals surface area contributed by atoms with E-state index in [4.69, 9.17) is 4.74 Å². The Balaban J connectivity index is 1.78. The lowest BCUT2D eigenvalue weighted by atomic mass is 9.94. The average Bonchev–Trinajstić information content (AvgIpc) is 2.89. The number of hydrogen-bond donors (Lipinski definition) is 1. The number of aliphatic hydroxyl groups is 1. The summed E-state index contributed by atoms with van der Waals surface area (Å²) in [6.07, 6.45) is 6.81. The molecule has 6 heteroatoms. The number of aromatic nitrogens is 2. The van der Waals surface area contributed by atoms with Crippen LogP contribution in [0.15, 0.2) is 18.7 Å². The fourth-order valence-electron chi connectivity index (χ4n) is 2.27. The minimum absolute atomic E-state index is 0.0358. The van der Waals surface area contributed by atoms with Crippen molar-refractivity contribution in [2.45, 2.75) is 31.4 Å². The lowest BCUT2D eigenvalue weighted by molar-refractivity contribution is -0.137. The van der Waals surface area contributed by atoms with Crippen LogP contribution < -0.4 is 0 Å². The Morgan fingerprint density at radius 1 is 1.53 bits per heavy atom. The lowest BCUT2D eigenvalue weighted by Crippen LogP contribution is -2.47. The molecule has 1 aromatic heterocycles. The van der Waals surface area contributed by atoms with Crippen molar-refractivity contribution in [1.82, 2.24) is 14.5 Å². The number of likely N-dealkylation sites (N-methyl/N-ethyl adjacent to an activating group) is 1. The molecular formula is C13H21N3O3. The van der Waals surface area contributed by atoms with Crippen LogP contribution in [0.3, 0.4) is 0 Å². The van der Waals surface area contributed by atoms with E-state index in [1.54, 1.807) is 24.5 Å². The number of imidazole rings is 1. The fourth-order valence-corrected chi connectivity index (χ4v) is 2.27. The summed E-state index contributed by atoms with van der Waals surface area (Å²) in [5, 5.41) is 10.4. The molecule has 0 saturated carbocycles. The SMILES string of the molecule is CN(CC1(O)CCOCC1)C(=O)CCn1ccnc1. The third kappa shape index (κ3) is 4.04. The maximum absolute atomic E-state index is 12.0. The Hall–Kier alpha value is -1.40. The summed E-state index contributed by atoms with van der Waals surface area (Å²) in [5.41, 5.74) is -0.794. The summed E-state index contributed by atoms with van der Waals surface area (Å²) in [4.78, 5) is 17.6. The van der Waals surface area contributed by atoms with Gasteiger partial charge in [-0.25, -0.2) is 4.98 Å². The van der Waals surface area contributed by atoms with Crippen LogP contribution in [0.25, 0.3) is 0 Å². The van der Waals surface area contributed by atoms with Crippen molar-refractivity contribution in [3.8, 4) is 0 Å². The van der Waals surface area contributed by atoms with Crippen molar-refractivity contribution in [2.24, 2.45) is 0 Å². The quantitative estimate of drug-likeness (QED) is 0.831. The molecular weight excluding hydrogens is 246 g/mol. The van der Waals surface area contributed by atoms with Gasteiger partial charge in [-0.3, -0.25) is 4.79 Å². The predicted octanol–water partition coefficient (Wildman–Crippen LogP) is 0.273. The maximum atomic E-state index is 12.0. The second-order valence-electron chi connectivity index (χ2n) is 5.14. The van der Waals surface area contributed by atoms with Crippen LogP contribution in [0.5, 0.6) is 0 Å². The molecule has 1 N–H and O–H groups in total. The number of rotatable bonds is 5. The maximum Gasteiger partial charge on any atom is 0.224 e. The summed E-state index contributed by atoms with van der Waals surface area (Å²) in [6.45, 7) is 2.12. The number of carbonyl (C=O) groups is 1. The number of ether oxygens (including phenoxy) is 1. The lowest BCUT2D eigenvalue weighted by Gasteiger charge is -2.35. The van der Waals surface area contributed by atoms with Crippen LogP contribution in [0.4, 0.5) is 0 Å². The fraction of sp³-hybridized carbons (Fsp3) is 0.692. The van der Waals surface area contributed by atoms with E-state index in [1.165, 1.54) is 0 Å². The number of nitrogens with zero attached hydrogens (tertiary/aromatic N) is 3. The second kappa shape index (κ2) is 6.16. The van der Waals surface area contributed by atoms with Gasteiger partial charge in [0.2, 0.25) is 5.91 Å². The molecule has 1 aliphatic heterocycles. The van der Waals surface area contributed by atoms with Gasteiger partial charge < -0.3 is 19.3 Å². The van der Waals surface area contributed by atoms with Gasteiger partial charge >= 0.3 is 0 Å². The van der Waals surface area contributed by atoms with E-state index in [0.717, 1.165) is 0 Å². The van der Waals surface area contributed by atoms with Crippen LogP contribution in [-0.2, 0) is 16.1 Å². The molecule has 2 heterocycles. The Bertz CT molecular complexity index is 399. The van der Waals surface area contributed by atoms with Crippen molar-refractivity contribution in [1.29, 1.82) is 0 Å². The zero-order valence-corrected chi connectivity index (χ0v) is 11.3. The van der Waals surface area contributed by atoms with Gasteiger partial charge in [0, 0.05) is 65.0 Å². The highest BCUT2D eigenvalue weighted by molar-refractivity contribution is 5.75. The molecule has 1 aliphatic rings. The molecule has 1 amide bonds. The van der Waals surface area contributed by atoms with Crippen LogP contribution in [-0.4, -0.2) is 57.9 Å². The molecule has 0 radical (unpaired) electrons. The first-order valence-corrected chi connectivity index (χ1v) is 6.59. The van der Waals surface area contributed by atoms with E-state index < -0.39 is 5.60 Å². The second-order valence-corrected chi connectivity index (χ2v) is 5.14. The number of amides is 1. The highest BCUT2D eigenvalue weighted by Gasteiger charge is 2.32. The summed E-state index contributed by atoms with van der Waals surface area (Å²) >= 11 is 0. The molecule has 0 bridgehead atoms. The summed E-state index contributed by atoms with van der Waals surface area (Å²) in [5.74, 6) is 0.0358. The van der Waals surface area contributed by atoms with E-state index in [0.29, 0.717) is 45.6 Å². The molecule has 2 rings (SSSR count). The van der Waals surface area contributed by atoms with Gasteiger partial charge in [-0.05, 0) is 0 Å². The molecule has 0 unspecified atom stereocenters. The molecule has 1 aromatic rings. The van der Waals surface area contributed by atoms with E-state index in [9.17, 15) is 9.90 Å². The van der Waals surface area contributed by atoms with Gasteiger partial charge in [0.25, 0.3) is 0 Å². The largest absolute Gasteiger partial charge is 0.388 e. The molecule has 0 spiro atoms. The van der Waals surface area contributed by atoms with Crippen LogP contribution in [0.2, 0.25) is 0 Å². The van der Waals surface area contributed by atoms with E-state index in [2.05, 4.69) is 4.98 Å². The highest BCUT2D eigenvalue weighted by Crippen LogP contribution is 2.21. The van der Waals surface area contributed by atoms with E-state index in [1.807, 2.05) is 10.8 Å². The summed E-state index contributed by atoms with van der Waals surface area (Å²) in [7, 11) is 1.74. The Kier molecular flexibility index (Phi) is 4.55. The molecule has 1 saturated heterocycles. The van der Waals surface area contributed by atoms with Crippen molar-refractivity contribution in [3.05, 3.63) is 18.7 Å². The van der Waals surface area contributed by atoms with Crippen LogP contribution >= 0.6 is 0 Å². The van der Waals surface area contributed by atoms with Gasteiger partial charge in [0.1, 0.15) is 0 Å². The molecule has 0 aliphatic carbocycles. The zero-order valence-electron chi connectivity index (χ0n) is 11.3. The smallest absolute Gasteiger partial charge is 0.224 e. The Labute approximate surface area is 113 Å². The van der Waals surface area contributed by atoms with E-state index in [-0.39, 0.29) is 5.91 Å². The van der Waals surface area contributed by atoms with Gasteiger partial charge in [0.05, 0.1) is 11.9 Å². The third-order valence-electron chi connectivity index (χ3n) is 3.52. The van der Waals surface area contributed by atoms with Crippen molar-refractivity contribution < 1.29 is 14.6 Å². The van der Waals surface area contributed by atoms with Gasteiger partial charge in [0.15, 0.2) is 0 Å². The van der Waals surface area contributed by atoms with Crippen molar-refractivity contribution in [2.75, 3.05) is 26.8 Å². The molecule has 0 atom stereocenters. The number of hydrogen-bond acceptors (Lipinski definition) is 4. The van der Waals surface area contributed by atoms with Crippen molar-refractivity contribution in [3.63, 3.8) is 0 Å². The Morgan fingerprint density at radius 3 is 2.89 bits per heavy atom. The standard InChI is InChI=1S/C13H21N3O3/c1-15(10-13(18)3-8-19-9-4-13)12(17)2-6-16-7-5-14-11-16/h5,7,11,18H,2-4,6,8-10H2,1H3. The summed E-state index contributed by atoms with van der Waals surface area (Å²) < 4.78 is 7.10. The predicted molar refractivity (Wildman–Crippen MR) is 69.5 cm³/mol. The summed E-state index contributed by atoms with van der Waals surface area (Å²) in [6, 6.07) is 0. The first-order chi connectivity index (χ1) is 9.09. The molecule has 19 heavy (non-hydrogen) atoms. The molecule has 1 fully saturated rings. The monoisotopic (exact) mass is 267 g/mol. The first kappa shape index (κ1) is 14.0. The molecule has 6 nitrogen and oxygen atoms in total. The van der Waals surface area contributed by atoms with Crippen molar-refractivity contribution >= 4 is 5.91 Å². The average molecular weight is 267 g/mol. The number of carbonyl (C=O) groups excluding carboxylic acids is 1. The normalized spacial score (nSPS) is 18.2. The van der Waals surface area contributed by atoms with Gasteiger partial charge in [-0.2, -0.15) is 0 Å². The van der Waals surface area contributed by atoms with Gasteiger partial charge in [-0.1, -0.05) is 0 Å². The highest BCUT2D eigenvalue weighted by atomic mass is 16.5.